The van der Waals surface area contributed by atoms with E-state index >= 15 is 0 Å². The first kappa shape index (κ1) is 17.8. The van der Waals surface area contributed by atoms with Gasteiger partial charge in [-0.15, -0.1) is 0 Å². The third-order valence-electron chi connectivity index (χ3n) is 4.74. The van der Waals surface area contributed by atoms with Crippen LogP contribution in [0.15, 0.2) is 36.4 Å². The van der Waals surface area contributed by atoms with E-state index in [4.69, 9.17) is 9.47 Å². The van der Waals surface area contributed by atoms with E-state index in [1.807, 2.05) is 17.0 Å². The van der Waals surface area contributed by atoms with Crippen LogP contribution in [0.1, 0.15) is 19.3 Å². The average Bonchev–Trinajstić information content (AvgIpc) is 2.69. The topological polar surface area (TPSA) is 55.8 Å². The van der Waals surface area contributed by atoms with Crippen LogP contribution in [0.2, 0.25) is 13.1 Å². The molecule has 134 valence electrons. The standard InChI is InChI=1S/C18H22FNO4Si/c1-25(2,15-7-5-14(19)6-8-15)13-20-12-4-3-11-18(20)23-16(21)9-10-17(22)24-18/h5-10H,3-4,11-13H2,1-2H3. The third kappa shape index (κ3) is 3.82. The summed E-state index contributed by atoms with van der Waals surface area (Å²) in [5.41, 5.74) is 0. The van der Waals surface area contributed by atoms with Crippen molar-refractivity contribution in [2.45, 2.75) is 38.3 Å². The van der Waals surface area contributed by atoms with Crippen LogP contribution in [0.3, 0.4) is 0 Å². The largest absolute Gasteiger partial charge is 0.405 e. The van der Waals surface area contributed by atoms with Gasteiger partial charge >= 0.3 is 17.8 Å². The Labute approximate surface area is 147 Å². The molecule has 0 saturated carbocycles. The number of hydrogen-bond donors (Lipinski definition) is 0. The number of nitrogens with zero attached hydrogens (tertiary/aromatic N) is 1. The highest BCUT2D eigenvalue weighted by atomic mass is 28.3. The summed E-state index contributed by atoms with van der Waals surface area (Å²) in [7, 11) is -2.00. The number of rotatable bonds is 3. The van der Waals surface area contributed by atoms with Crippen molar-refractivity contribution in [3.8, 4) is 0 Å². The molecule has 0 aromatic heterocycles. The molecular weight excluding hydrogens is 341 g/mol. The Morgan fingerprint density at radius 2 is 1.68 bits per heavy atom. The molecule has 25 heavy (non-hydrogen) atoms. The maximum absolute atomic E-state index is 13.2. The Kier molecular flexibility index (Phi) is 4.79. The molecule has 1 saturated heterocycles. The summed E-state index contributed by atoms with van der Waals surface area (Å²) in [6.45, 7) is 5.01. The SMILES string of the molecule is C[Si](C)(CN1CCCCC12OC(=O)C=CC(=O)O2)c1ccc(F)cc1. The van der Waals surface area contributed by atoms with Crippen LogP contribution in [0, 0.1) is 5.82 Å². The van der Waals surface area contributed by atoms with Crippen LogP contribution in [-0.2, 0) is 19.1 Å². The van der Waals surface area contributed by atoms with E-state index in [0.717, 1.165) is 30.2 Å². The molecule has 0 unspecified atom stereocenters. The van der Waals surface area contributed by atoms with Gasteiger partial charge in [0.15, 0.2) is 0 Å². The van der Waals surface area contributed by atoms with Gasteiger partial charge in [0, 0.05) is 31.3 Å². The van der Waals surface area contributed by atoms with Crippen LogP contribution in [-0.4, -0.2) is 43.5 Å². The summed E-state index contributed by atoms with van der Waals surface area (Å²) in [4.78, 5) is 25.8. The van der Waals surface area contributed by atoms with Gasteiger partial charge in [-0.3, -0.25) is 0 Å². The molecule has 3 rings (SSSR count). The minimum atomic E-state index is -2.00. The van der Waals surface area contributed by atoms with E-state index < -0.39 is 25.9 Å². The zero-order valence-electron chi connectivity index (χ0n) is 14.5. The summed E-state index contributed by atoms with van der Waals surface area (Å²) in [6, 6.07) is 6.55. The fraction of sp³-hybridized carbons (Fsp3) is 0.444. The zero-order valence-corrected chi connectivity index (χ0v) is 15.5. The van der Waals surface area contributed by atoms with E-state index in [2.05, 4.69) is 13.1 Å². The molecule has 0 amide bonds. The summed E-state index contributed by atoms with van der Waals surface area (Å²) in [5.74, 6) is -2.74. The summed E-state index contributed by atoms with van der Waals surface area (Å²) in [6.07, 6.45) is 5.06. The van der Waals surface area contributed by atoms with E-state index in [1.165, 1.54) is 12.1 Å². The van der Waals surface area contributed by atoms with Crippen molar-refractivity contribution in [1.82, 2.24) is 4.90 Å². The highest BCUT2D eigenvalue weighted by molar-refractivity contribution is 6.90. The molecular formula is C18H22FNO4Si. The van der Waals surface area contributed by atoms with Crippen molar-refractivity contribution < 1.29 is 23.5 Å². The van der Waals surface area contributed by atoms with Gasteiger partial charge in [0.1, 0.15) is 5.82 Å². The quantitative estimate of drug-likeness (QED) is 0.608. The molecule has 1 aromatic rings. The van der Waals surface area contributed by atoms with Crippen molar-refractivity contribution in [2.24, 2.45) is 0 Å². The Balaban J connectivity index is 1.87. The Morgan fingerprint density at radius 3 is 2.28 bits per heavy atom. The second-order valence-corrected chi connectivity index (χ2v) is 11.8. The lowest BCUT2D eigenvalue weighted by Gasteiger charge is -2.46. The lowest BCUT2D eigenvalue weighted by molar-refractivity contribution is -0.290. The van der Waals surface area contributed by atoms with E-state index in [-0.39, 0.29) is 5.82 Å². The number of carbonyl (C=O) groups excluding carboxylic acids is 2. The van der Waals surface area contributed by atoms with Crippen molar-refractivity contribution >= 4 is 25.2 Å². The first-order valence-electron chi connectivity index (χ1n) is 8.46. The molecule has 1 fully saturated rings. The predicted octanol–water partition coefficient (Wildman–Crippen LogP) is 2.08. The molecule has 2 aliphatic rings. The van der Waals surface area contributed by atoms with Gasteiger partial charge in [-0.25, -0.2) is 18.9 Å². The Morgan fingerprint density at radius 1 is 1.08 bits per heavy atom. The number of hydrogen-bond acceptors (Lipinski definition) is 5. The number of piperidine rings is 1. The van der Waals surface area contributed by atoms with Gasteiger partial charge in [0.25, 0.3) is 0 Å². The van der Waals surface area contributed by atoms with E-state index in [9.17, 15) is 14.0 Å². The van der Waals surface area contributed by atoms with Crippen molar-refractivity contribution in [3.63, 3.8) is 0 Å². The van der Waals surface area contributed by atoms with E-state index in [0.29, 0.717) is 19.1 Å². The monoisotopic (exact) mass is 363 g/mol. The highest BCUT2D eigenvalue weighted by Crippen LogP contribution is 2.33. The number of likely N-dealkylation sites (tertiary alicyclic amines) is 1. The number of ether oxygens (including phenoxy) is 2. The first-order chi connectivity index (χ1) is 11.8. The fourth-order valence-electron chi connectivity index (χ4n) is 3.42. The number of benzene rings is 1. The number of esters is 2. The minimum absolute atomic E-state index is 0.263. The van der Waals surface area contributed by atoms with Gasteiger partial charge in [-0.05, 0) is 25.0 Å². The van der Waals surface area contributed by atoms with Gasteiger partial charge in [-0.1, -0.05) is 30.4 Å². The molecule has 7 heteroatoms. The minimum Gasteiger partial charge on any atom is -0.405 e. The van der Waals surface area contributed by atoms with Crippen LogP contribution in [0.25, 0.3) is 0 Å². The average molecular weight is 363 g/mol. The van der Waals surface area contributed by atoms with Crippen LogP contribution < -0.4 is 5.19 Å². The summed E-state index contributed by atoms with van der Waals surface area (Å²) < 4.78 is 24.3. The normalized spacial score (nSPS) is 20.9. The lowest BCUT2D eigenvalue weighted by Crippen LogP contribution is -2.63. The van der Waals surface area contributed by atoms with Gasteiger partial charge < -0.3 is 9.47 Å². The molecule has 5 nitrogen and oxygen atoms in total. The first-order valence-corrected chi connectivity index (χ1v) is 11.7. The van der Waals surface area contributed by atoms with Crippen LogP contribution in [0.5, 0.6) is 0 Å². The number of carbonyl (C=O) groups is 2. The molecule has 2 aliphatic heterocycles. The van der Waals surface area contributed by atoms with Crippen molar-refractivity contribution in [2.75, 3.05) is 12.7 Å². The molecule has 0 atom stereocenters. The highest BCUT2D eigenvalue weighted by Gasteiger charge is 2.49. The summed E-state index contributed by atoms with van der Waals surface area (Å²) >= 11 is 0. The number of halogens is 1. The molecule has 1 spiro atoms. The Hall–Kier alpha value is -1.99. The molecule has 0 bridgehead atoms. The van der Waals surface area contributed by atoms with Gasteiger partial charge in [0.2, 0.25) is 0 Å². The zero-order chi connectivity index (χ0) is 18.1. The lowest BCUT2D eigenvalue weighted by atomic mass is 10.1. The molecule has 0 N–H and O–H groups in total. The Bertz CT molecular complexity index is 682. The molecule has 2 heterocycles. The maximum Gasteiger partial charge on any atom is 0.335 e. The fourth-order valence-corrected chi connectivity index (χ4v) is 6.02. The molecule has 1 aromatic carbocycles. The predicted molar refractivity (Wildman–Crippen MR) is 93.0 cm³/mol. The van der Waals surface area contributed by atoms with Crippen LogP contribution in [0.4, 0.5) is 4.39 Å². The second kappa shape index (κ2) is 6.72. The van der Waals surface area contributed by atoms with Gasteiger partial charge in [-0.2, -0.15) is 0 Å². The van der Waals surface area contributed by atoms with E-state index in [1.54, 1.807) is 0 Å². The molecule has 0 radical (unpaired) electrons. The third-order valence-corrected chi connectivity index (χ3v) is 7.81. The maximum atomic E-state index is 13.2. The molecule has 0 aliphatic carbocycles. The summed E-state index contributed by atoms with van der Waals surface area (Å²) in [5, 5.41) is 1.10. The smallest absolute Gasteiger partial charge is 0.335 e. The van der Waals surface area contributed by atoms with Gasteiger partial charge in [0.05, 0.1) is 8.07 Å². The second-order valence-electron chi connectivity index (χ2n) is 7.16. The van der Waals surface area contributed by atoms with Crippen LogP contribution >= 0.6 is 0 Å². The van der Waals surface area contributed by atoms with Crippen molar-refractivity contribution in [3.05, 3.63) is 42.2 Å². The van der Waals surface area contributed by atoms with Crippen molar-refractivity contribution in [1.29, 1.82) is 0 Å².